The van der Waals surface area contributed by atoms with Crippen LogP contribution in [0.3, 0.4) is 0 Å². The van der Waals surface area contributed by atoms with E-state index in [-0.39, 0.29) is 46.5 Å². The summed E-state index contributed by atoms with van der Waals surface area (Å²) in [5.74, 6) is -0.341. The zero-order valence-electron chi connectivity index (χ0n) is 15.2. The van der Waals surface area contributed by atoms with Gasteiger partial charge in [0, 0.05) is 39.7 Å². The number of likely N-dealkylation sites (tertiary alicyclic amines) is 1. The topological polar surface area (TPSA) is 94.1 Å². The maximum absolute atomic E-state index is 12.8. The lowest BCUT2D eigenvalue weighted by Crippen LogP contribution is -2.32. The molecule has 4 rings (SSSR count). The van der Waals surface area contributed by atoms with Crippen LogP contribution in [-0.4, -0.2) is 46.5 Å². The SMILES string of the molecule is CN1CC[C@@H](c2c(O)cc(O)c3c(=O)cc(-c4cccc(Br)c4)oc23)[C@@H]1CO. The van der Waals surface area contributed by atoms with Gasteiger partial charge in [-0.3, -0.25) is 4.79 Å². The molecule has 3 N–H and O–H groups in total. The minimum atomic E-state index is -0.387. The fourth-order valence-corrected chi connectivity index (χ4v) is 4.47. The Morgan fingerprint density at radius 3 is 2.71 bits per heavy atom. The maximum atomic E-state index is 12.8. The van der Waals surface area contributed by atoms with Gasteiger partial charge in [0.1, 0.15) is 28.2 Å². The summed E-state index contributed by atoms with van der Waals surface area (Å²) in [4.78, 5) is 14.8. The zero-order valence-corrected chi connectivity index (χ0v) is 16.8. The number of aliphatic hydroxyl groups is 1. The quantitative estimate of drug-likeness (QED) is 0.571. The number of nitrogens with zero attached hydrogens (tertiary/aromatic N) is 1. The van der Waals surface area contributed by atoms with Gasteiger partial charge < -0.3 is 24.6 Å². The van der Waals surface area contributed by atoms with Crippen LogP contribution in [0.5, 0.6) is 11.5 Å². The first-order valence-electron chi connectivity index (χ1n) is 9.00. The van der Waals surface area contributed by atoms with Crippen molar-refractivity contribution in [2.75, 3.05) is 20.2 Å². The number of phenols is 2. The van der Waals surface area contributed by atoms with Gasteiger partial charge in [0.25, 0.3) is 0 Å². The minimum absolute atomic E-state index is 0.0396. The summed E-state index contributed by atoms with van der Waals surface area (Å²) in [5, 5.41) is 30.8. The fourth-order valence-electron chi connectivity index (χ4n) is 4.08. The fraction of sp³-hybridized carbons (Fsp3) is 0.286. The van der Waals surface area contributed by atoms with E-state index < -0.39 is 0 Å². The average molecular weight is 446 g/mol. The largest absolute Gasteiger partial charge is 0.507 e. The molecule has 1 fully saturated rings. The third-order valence-electron chi connectivity index (χ3n) is 5.49. The Morgan fingerprint density at radius 1 is 1.21 bits per heavy atom. The van der Waals surface area contributed by atoms with Crippen molar-refractivity contribution in [3.63, 3.8) is 0 Å². The Kier molecular flexibility index (Phi) is 4.91. The van der Waals surface area contributed by atoms with Gasteiger partial charge in [-0.05, 0) is 32.1 Å². The van der Waals surface area contributed by atoms with Crippen LogP contribution < -0.4 is 5.43 Å². The molecule has 0 aliphatic carbocycles. The van der Waals surface area contributed by atoms with Crippen molar-refractivity contribution < 1.29 is 19.7 Å². The number of likely N-dealkylation sites (N-methyl/N-ethyl adjacent to an activating group) is 1. The second-order valence-corrected chi connectivity index (χ2v) is 8.06. The van der Waals surface area contributed by atoms with E-state index in [1.54, 1.807) is 0 Å². The summed E-state index contributed by atoms with van der Waals surface area (Å²) in [6, 6.07) is 9.65. The number of hydrogen-bond donors (Lipinski definition) is 3. The van der Waals surface area contributed by atoms with E-state index in [2.05, 4.69) is 15.9 Å². The van der Waals surface area contributed by atoms with Crippen LogP contribution in [-0.2, 0) is 0 Å². The molecule has 0 radical (unpaired) electrons. The van der Waals surface area contributed by atoms with Crippen molar-refractivity contribution in [1.82, 2.24) is 4.90 Å². The number of rotatable bonds is 3. The van der Waals surface area contributed by atoms with E-state index in [4.69, 9.17) is 4.42 Å². The van der Waals surface area contributed by atoms with Crippen molar-refractivity contribution in [3.8, 4) is 22.8 Å². The molecule has 6 nitrogen and oxygen atoms in total. The highest BCUT2D eigenvalue weighted by Gasteiger charge is 2.36. The highest BCUT2D eigenvalue weighted by Crippen LogP contribution is 2.44. The molecule has 3 aromatic rings. The Balaban J connectivity index is 2.01. The molecule has 1 aromatic heterocycles. The molecule has 28 heavy (non-hydrogen) atoms. The highest BCUT2D eigenvalue weighted by atomic mass is 79.9. The second-order valence-electron chi connectivity index (χ2n) is 7.14. The Bertz CT molecular complexity index is 1110. The number of benzene rings is 2. The number of halogens is 1. The second kappa shape index (κ2) is 7.24. The van der Waals surface area contributed by atoms with Crippen molar-refractivity contribution >= 4 is 26.9 Å². The molecule has 0 saturated carbocycles. The first-order chi connectivity index (χ1) is 13.4. The lowest BCUT2D eigenvalue weighted by atomic mass is 9.89. The number of phenolic OH excluding ortho intramolecular Hbond substituents is 2. The third-order valence-corrected chi connectivity index (χ3v) is 5.98. The van der Waals surface area contributed by atoms with Gasteiger partial charge >= 0.3 is 0 Å². The normalized spacial score (nSPS) is 20.1. The first-order valence-corrected chi connectivity index (χ1v) is 9.79. The van der Waals surface area contributed by atoms with Gasteiger partial charge in [-0.25, -0.2) is 0 Å². The molecule has 0 amide bonds. The Morgan fingerprint density at radius 2 is 2.00 bits per heavy atom. The molecular weight excluding hydrogens is 426 g/mol. The van der Waals surface area contributed by atoms with Crippen LogP contribution >= 0.6 is 15.9 Å². The summed E-state index contributed by atoms with van der Waals surface area (Å²) in [6.45, 7) is 0.659. The number of fused-ring (bicyclic) bond motifs is 1. The number of aliphatic hydroxyl groups excluding tert-OH is 1. The predicted octanol–water partition coefficient (Wildman–Crippen LogP) is 3.41. The number of hydrogen-bond acceptors (Lipinski definition) is 6. The molecule has 2 atom stereocenters. The molecule has 0 bridgehead atoms. The third kappa shape index (κ3) is 3.09. The maximum Gasteiger partial charge on any atom is 0.197 e. The van der Waals surface area contributed by atoms with Crippen LogP contribution in [0, 0.1) is 0 Å². The molecule has 146 valence electrons. The van der Waals surface area contributed by atoms with Gasteiger partial charge in [0.2, 0.25) is 0 Å². The summed E-state index contributed by atoms with van der Waals surface area (Å²) in [6.07, 6.45) is 0.694. The van der Waals surface area contributed by atoms with Gasteiger partial charge in [-0.2, -0.15) is 0 Å². The van der Waals surface area contributed by atoms with E-state index in [9.17, 15) is 20.1 Å². The average Bonchev–Trinajstić information content (AvgIpc) is 3.01. The highest BCUT2D eigenvalue weighted by molar-refractivity contribution is 9.10. The van der Waals surface area contributed by atoms with E-state index in [0.29, 0.717) is 23.3 Å². The summed E-state index contributed by atoms with van der Waals surface area (Å²) < 4.78 is 6.91. The van der Waals surface area contributed by atoms with Gasteiger partial charge in [0.15, 0.2) is 5.43 Å². The lowest BCUT2D eigenvalue weighted by Gasteiger charge is -2.24. The van der Waals surface area contributed by atoms with Gasteiger partial charge in [-0.1, -0.05) is 28.1 Å². The monoisotopic (exact) mass is 445 g/mol. The molecule has 1 saturated heterocycles. The van der Waals surface area contributed by atoms with Crippen molar-refractivity contribution in [1.29, 1.82) is 0 Å². The molecule has 2 heterocycles. The summed E-state index contributed by atoms with van der Waals surface area (Å²) in [7, 11) is 1.91. The van der Waals surface area contributed by atoms with Crippen molar-refractivity contribution in [2.45, 2.75) is 18.4 Å². The summed E-state index contributed by atoms with van der Waals surface area (Å²) >= 11 is 3.41. The molecule has 1 aliphatic rings. The van der Waals surface area contributed by atoms with Crippen LogP contribution in [0.4, 0.5) is 0 Å². The predicted molar refractivity (Wildman–Crippen MR) is 110 cm³/mol. The molecule has 7 heteroatoms. The van der Waals surface area contributed by atoms with Crippen LogP contribution in [0.2, 0.25) is 0 Å². The van der Waals surface area contributed by atoms with E-state index >= 15 is 0 Å². The van der Waals surface area contributed by atoms with E-state index in [1.165, 1.54) is 12.1 Å². The molecule has 1 aliphatic heterocycles. The van der Waals surface area contributed by atoms with E-state index in [0.717, 1.165) is 11.0 Å². The van der Waals surface area contributed by atoms with Crippen molar-refractivity contribution in [3.05, 3.63) is 56.7 Å². The Hall–Kier alpha value is -2.35. The number of aromatic hydroxyl groups is 2. The molecule has 0 spiro atoms. The van der Waals surface area contributed by atoms with Gasteiger partial charge in [-0.15, -0.1) is 0 Å². The van der Waals surface area contributed by atoms with E-state index in [1.807, 2.05) is 36.2 Å². The molecular formula is C21H20BrNO5. The molecule has 0 unspecified atom stereocenters. The standard InChI is InChI=1S/C21H20BrNO5/c1-23-6-5-13(14(23)10-24)19-15(25)8-16(26)20-17(27)9-18(28-21(19)20)11-3-2-4-12(22)7-11/h2-4,7-9,13-14,24-26H,5-6,10H2,1H3/t13-,14+/m1/s1. The summed E-state index contributed by atoms with van der Waals surface area (Å²) in [5.41, 5.74) is 0.926. The smallest absolute Gasteiger partial charge is 0.197 e. The van der Waals surface area contributed by atoms with Crippen LogP contribution in [0.25, 0.3) is 22.3 Å². The zero-order chi connectivity index (χ0) is 20.0. The van der Waals surface area contributed by atoms with Crippen molar-refractivity contribution in [2.24, 2.45) is 0 Å². The first kappa shape index (κ1) is 19.0. The van der Waals surface area contributed by atoms with Gasteiger partial charge in [0.05, 0.1) is 6.61 Å². The minimum Gasteiger partial charge on any atom is -0.507 e. The lowest BCUT2D eigenvalue weighted by molar-refractivity contribution is 0.172. The van der Waals surface area contributed by atoms with Crippen LogP contribution in [0.15, 0.2) is 50.1 Å². The Labute approximate surface area is 169 Å². The van der Waals surface area contributed by atoms with Crippen LogP contribution in [0.1, 0.15) is 17.9 Å². The molecule has 2 aromatic carbocycles.